The van der Waals surface area contributed by atoms with Crippen molar-refractivity contribution >= 4 is 46.4 Å². The number of carbonyl (C=O) groups excluding carboxylic acids is 1. The lowest BCUT2D eigenvalue weighted by Gasteiger charge is -2.06. The summed E-state index contributed by atoms with van der Waals surface area (Å²) in [5.41, 5.74) is 1.83. The molecule has 0 spiro atoms. The summed E-state index contributed by atoms with van der Waals surface area (Å²) in [6.07, 6.45) is 4.74. The van der Waals surface area contributed by atoms with Gasteiger partial charge in [0.05, 0.1) is 39.7 Å². The number of anilines is 1. The van der Waals surface area contributed by atoms with E-state index in [0.29, 0.717) is 39.5 Å². The van der Waals surface area contributed by atoms with Crippen LogP contribution in [0.1, 0.15) is 23.0 Å². The van der Waals surface area contributed by atoms with Gasteiger partial charge in [-0.2, -0.15) is 10.2 Å². The summed E-state index contributed by atoms with van der Waals surface area (Å²) in [7, 11) is 0. The van der Waals surface area contributed by atoms with Gasteiger partial charge < -0.3 is 5.32 Å². The fourth-order valence-electron chi connectivity index (χ4n) is 2.36. The molecule has 6 nitrogen and oxygen atoms in total. The zero-order valence-electron chi connectivity index (χ0n) is 13.2. The monoisotopic (exact) mass is 397 g/mol. The van der Waals surface area contributed by atoms with Gasteiger partial charge in [-0.05, 0) is 24.6 Å². The van der Waals surface area contributed by atoms with E-state index in [1.807, 2.05) is 13.0 Å². The topological polar surface area (TPSA) is 64.7 Å². The minimum Gasteiger partial charge on any atom is -0.318 e. The maximum Gasteiger partial charge on any atom is 0.275 e. The highest BCUT2D eigenvalue weighted by atomic mass is 35.5. The van der Waals surface area contributed by atoms with Gasteiger partial charge in [-0.25, -0.2) is 0 Å². The van der Waals surface area contributed by atoms with Crippen LogP contribution in [0, 0.1) is 0 Å². The number of hydrogen-bond acceptors (Lipinski definition) is 3. The number of aryl methyl sites for hydroxylation is 1. The van der Waals surface area contributed by atoms with Crippen molar-refractivity contribution < 1.29 is 4.79 Å². The standard InChI is InChI=1S/C16H14Cl3N5O/c1-2-24-15(14(19)7-21-24)16(25)22-11-6-20-23(9-11)8-10-3-4-12(17)13(18)5-10/h3-7,9H,2,8H2,1H3,(H,22,25). The number of carbonyl (C=O) groups is 1. The number of hydrogen-bond donors (Lipinski definition) is 1. The van der Waals surface area contributed by atoms with E-state index in [4.69, 9.17) is 34.8 Å². The highest BCUT2D eigenvalue weighted by Gasteiger charge is 2.17. The van der Waals surface area contributed by atoms with E-state index < -0.39 is 0 Å². The summed E-state index contributed by atoms with van der Waals surface area (Å²) in [5.74, 6) is -0.335. The van der Waals surface area contributed by atoms with E-state index in [1.54, 1.807) is 29.2 Å². The second-order valence-electron chi connectivity index (χ2n) is 5.29. The molecule has 0 saturated carbocycles. The third-order valence-corrected chi connectivity index (χ3v) is 4.54. The van der Waals surface area contributed by atoms with E-state index >= 15 is 0 Å². The Labute approximate surface area is 159 Å². The van der Waals surface area contributed by atoms with Crippen molar-refractivity contribution in [3.8, 4) is 0 Å². The van der Waals surface area contributed by atoms with Gasteiger partial charge in [-0.1, -0.05) is 40.9 Å². The number of rotatable bonds is 5. The molecule has 3 aromatic rings. The first-order valence-electron chi connectivity index (χ1n) is 7.47. The van der Waals surface area contributed by atoms with E-state index in [2.05, 4.69) is 15.5 Å². The van der Waals surface area contributed by atoms with E-state index in [9.17, 15) is 4.79 Å². The molecule has 1 amide bonds. The minimum atomic E-state index is -0.335. The second-order valence-corrected chi connectivity index (χ2v) is 6.51. The van der Waals surface area contributed by atoms with Gasteiger partial charge in [-0.15, -0.1) is 0 Å². The summed E-state index contributed by atoms with van der Waals surface area (Å²) < 4.78 is 3.23. The summed E-state index contributed by atoms with van der Waals surface area (Å²) >= 11 is 18.0. The molecule has 0 fully saturated rings. The first-order valence-corrected chi connectivity index (χ1v) is 8.60. The summed E-state index contributed by atoms with van der Waals surface area (Å²) in [6.45, 7) is 2.93. The molecule has 9 heteroatoms. The van der Waals surface area contributed by atoms with Crippen LogP contribution in [0.3, 0.4) is 0 Å². The number of amides is 1. The Hall–Kier alpha value is -2.02. The predicted octanol–water partition coefficient (Wildman–Crippen LogP) is 4.36. The molecule has 0 bridgehead atoms. The average Bonchev–Trinajstić information content (AvgIpc) is 3.17. The molecule has 2 aromatic heterocycles. The molecular weight excluding hydrogens is 385 g/mol. The Morgan fingerprint density at radius 2 is 1.92 bits per heavy atom. The number of benzene rings is 1. The Morgan fingerprint density at radius 1 is 1.12 bits per heavy atom. The molecule has 0 unspecified atom stereocenters. The average molecular weight is 399 g/mol. The van der Waals surface area contributed by atoms with Crippen LogP contribution in [0.25, 0.3) is 0 Å². The van der Waals surface area contributed by atoms with Crippen molar-refractivity contribution in [1.82, 2.24) is 19.6 Å². The SMILES string of the molecule is CCn1ncc(Cl)c1C(=O)Nc1cnn(Cc2ccc(Cl)c(Cl)c2)c1. The zero-order valence-corrected chi connectivity index (χ0v) is 15.5. The van der Waals surface area contributed by atoms with Crippen molar-refractivity contribution in [2.45, 2.75) is 20.0 Å². The van der Waals surface area contributed by atoms with Gasteiger partial charge in [0.1, 0.15) is 5.69 Å². The molecular formula is C16H14Cl3N5O. The molecule has 1 N–H and O–H groups in total. The highest BCUT2D eigenvalue weighted by Crippen LogP contribution is 2.23. The van der Waals surface area contributed by atoms with Crippen LogP contribution in [-0.2, 0) is 13.1 Å². The smallest absolute Gasteiger partial charge is 0.275 e. The Bertz CT molecular complexity index is 918. The Kier molecular flexibility index (Phi) is 5.32. The first-order chi connectivity index (χ1) is 12.0. The fourth-order valence-corrected chi connectivity index (χ4v) is 2.91. The van der Waals surface area contributed by atoms with Crippen LogP contribution in [0.5, 0.6) is 0 Å². The van der Waals surface area contributed by atoms with Crippen molar-refractivity contribution in [1.29, 1.82) is 0 Å². The van der Waals surface area contributed by atoms with Crippen molar-refractivity contribution in [3.63, 3.8) is 0 Å². The highest BCUT2D eigenvalue weighted by molar-refractivity contribution is 6.42. The molecule has 0 aliphatic carbocycles. The third kappa shape index (κ3) is 3.98. The lowest BCUT2D eigenvalue weighted by Crippen LogP contribution is -2.17. The number of halogens is 3. The van der Waals surface area contributed by atoms with Gasteiger partial charge in [0.25, 0.3) is 5.91 Å². The van der Waals surface area contributed by atoms with E-state index in [0.717, 1.165) is 5.56 Å². The van der Waals surface area contributed by atoms with Gasteiger partial charge >= 0.3 is 0 Å². The maximum absolute atomic E-state index is 12.4. The normalized spacial score (nSPS) is 10.9. The van der Waals surface area contributed by atoms with Crippen LogP contribution in [0.15, 0.2) is 36.8 Å². The molecule has 0 atom stereocenters. The molecule has 25 heavy (non-hydrogen) atoms. The zero-order chi connectivity index (χ0) is 18.0. The number of aromatic nitrogens is 4. The molecule has 0 radical (unpaired) electrons. The minimum absolute atomic E-state index is 0.308. The first kappa shape index (κ1) is 17.8. The Balaban J connectivity index is 1.72. The van der Waals surface area contributed by atoms with Crippen LogP contribution in [0.2, 0.25) is 15.1 Å². The largest absolute Gasteiger partial charge is 0.318 e. The van der Waals surface area contributed by atoms with Crippen LogP contribution in [0.4, 0.5) is 5.69 Å². The summed E-state index contributed by atoms with van der Waals surface area (Å²) in [6, 6.07) is 5.39. The maximum atomic E-state index is 12.4. The summed E-state index contributed by atoms with van der Waals surface area (Å²) in [4.78, 5) is 12.4. The van der Waals surface area contributed by atoms with Crippen molar-refractivity contribution in [2.75, 3.05) is 5.32 Å². The lowest BCUT2D eigenvalue weighted by molar-refractivity contribution is 0.101. The number of nitrogens with one attached hydrogen (secondary N) is 1. The van der Waals surface area contributed by atoms with E-state index in [-0.39, 0.29) is 5.91 Å². The summed E-state index contributed by atoms with van der Waals surface area (Å²) in [5, 5.41) is 12.4. The fraction of sp³-hybridized carbons (Fsp3) is 0.188. The second kappa shape index (κ2) is 7.47. The number of nitrogens with zero attached hydrogens (tertiary/aromatic N) is 4. The molecule has 0 saturated heterocycles. The molecule has 0 aliphatic heterocycles. The lowest BCUT2D eigenvalue weighted by atomic mass is 10.2. The van der Waals surface area contributed by atoms with Crippen LogP contribution in [-0.4, -0.2) is 25.5 Å². The molecule has 0 aliphatic rings. The van der Waals surface area contributed by atoms with Crippen molar-refractivity contribution in [3.05, 3.63) is 63.1 Å². The predicted molar refractivity (Wildman–Crippen MR) is 98.7 cm³/mol. The third-order valence-electron chi connectivity index (χ3n) is 3.53. The van der Waals surface area contributed by atoms with E-state index in [1.165, 1.54) is 10.9 Å². The van der Waals surface area contributed by atoms with Gasteiger partial charge in [0.2, 0.25) is 0 Å². The molecule has 2 heterocycles. The van der Waals surface area contributed by atoms with Crippen molar-refractivity contribution in [2.24, 2.45) is 0 Å². The molecule has 1 aromatic carbocycles. The molecule has 130 valence electrons. The molecule has 3 rings (SSSR count). The van der Waals surface area contributed by atoms with Gasteiger partial charge in [0.15, 0.2) is 0 Å². The quantitative estimate of drug-likeness (QED) is 0.694. The van der Waals surface area contributed by atoms with Crippen LogP contribution < -0.4 is 5.32 Å². The van der Waals surface area contributed by atoms with Gasteiger partial charge in [-0.3, -0.25) is 14.2 Å². The van der Waals surface area contributed by atoms with Crippen LogP contribution >= 0.6 is 34.8 Å². The van der Waals surface area contributed by atoms with Gasteiger partial charge in [0, 0.05) is 12.7 Å². The Morgan fingerprint density at radius 3 is 2.64 bits per heavy atom.